The van der Waals surface area contributed by atoms with E-state index in [9.17, 15) is 18.0 Å². The van der Waals surface area contributed by atoms with Gasteiger partial charge in [-0.05, 0) is 55.2 Å². The second kappa shape index (κ2) is 14.0. The molecule has 0 aliphatic heterocycles. The Labute approximate surface area is 247 Å². The van der Waals surface area contributed by atoms with Crippen LogP contribution in [0.2, 0.25) is 10.0 Å². The summed E-state index contributed by atoms with van der Waals surface area (Å²) in [4.78, 5) is 29.3. The zero-order valence-corrected chi connectivity index (χ0v) is 25.4. The largest absolute Gasteiger partial charge is 0.352 e. The topological polar surface area (TPSA) is 86.8 Å². The Morgan fingerprint density at radius 3 is 2.25 bits per heavy atom. The molecule has 0 radical (unpaired) electrons. The summed E-state index contributed by atoms with van der Waals surface area (Å²) in [7, 11) is -3.89. The average molecular weight is 605 g/mol. The van der Waals surface area contributed by atoms with Gasteiger partial charge in [0.1, 0.15) is 12.6 Å². The Morgan fingerprint density at radius 2 is 1.62 bits per heavy atom. The fourth-order valence-electron chi connectivity index (χ4n) is 4.25. The number of benzene rings is 3. The molecule has 7 nitrogen and oxygen atoms in total. The van der Waals surface area contributed by atoms with Crippen LogP contribution in [0.5, 0.6) is 0 Å². The number of aryl methyl sites for hydroxylation is 1. The quantitative estimate of drug-likeness (QED) is 0.291. The Bertz CT molecular complexity index is 1430. The molecule has 2 atom stereocenters. The first-order valence-corrected chi connectivity index (χ1v) is 15.6. The van der Waals surface area contributed by atoms with E-state index in [1.54, 1.807) is 43.3 Å². The molecule has 0 fully saturated rings. The first-order chi connectivity index (χ1) is 18.9. The zero-order valence-electron chi connectivity index (χ0n) is 23.1. The summed E-state index contributed by atoms with van der Waals surface area (Å²) in [5.74, 6) is -0.881. The van der Waals surface area contributed by atoms with Crippen LogP contribution in [0.15, 0.2) is 72.8 Å². The van der Waals surface area contributed by atoms with Crippen LogP contribution in [0.1, 0.15) is 37.0 Å². The lowest BCUT2D eigenvalue weighted by Crippen LogP contribution is -2.54. The lowest BCUT2D eigenvalue weighted by atomic mass is 10.0. The average Bonchev–Trinajstić information content (AvgIpc) is 2.91. The Kier molecular flexibility index (Phi) is 11.0. The molecule has 0 aliphatic rings. The molecule has 0 saturated heterocycles. The van der Waals surface area contributed by atoms with E-state index >= 15 is 0 Å². The van der Waals surface area contributed by atoms with Crippen molar-refractivity contribution in [3.63, 3.8) is 0 Å². The number of carbonyl (C=O) groups is 2. The third-order valence-electron chi connectivity index (χ3n) is 6.69. The van der Waals surface area contributed by atoms with E-state index in [1.165, 1.54) is 11.0 Å². The third-order valence-corrected chi connectivity index (χ3v) is 8.42. The summed E-state index contributed by atoms with van der Waals surface area (Å²) in [5.41, 5.74) is 2.42. The SMILES string of the molecule is CC[C@@H](C)NC(=O)[C@H](Cc1ccccc1)N(Cc1ccccc1Cl)C(=O)CN(c1cc(Cl)ccc1C)S(C)(=O)=O. The van der Waals surface area contributed by atoms with Crippen LogP contribution in [-0.4, -0.2) is 50.0 Å². The van der Waals surface area contributed by atoms with Crippen molar-refractivity contribution in [3.8, 4) is 0 Å². The van der Waals surface area contributed by atoms with Gasteiger partial charge in [0, 0.05) is 29.1 Å². The highest BCUT2D eigenvalue weighted by atomic mass is 35.5. The standard InChI is InChI=1S/C30H35Cl2N3O4S/c1-5-22(3)33-30(37)28(17-23-11-7-6-8-12-23)34(19-24-13-9-10-14-26(24)32)29(36)20-35(40(4,38)39)27-18-25(31)16-15-21(27)2/h6-16,18,22,28H,5,17,19-20H2,1-4H3,(H,33,37)/t22-,28+/m1/s1. The molecule has 0 aromatic heterocycles. The molecule has 10 heteroatoms. The van der Waals surface area contributed by atoms with Crippen molar-refractivity contribution in [2.75, 3.05) is 17.1 Å². The van der Waals surface area contributed by atoms with E-state index < -0.39 is 28.5 Å². The minimum atomic E-state index is -3.89. The monoisotopic (exact) mass is 603 g/mol. The summed E-state index contributed by atoms with van der Waals surface area (Å²) in [6.07, 6.45) is 1.97. The predicted octanol–water partition coefficient (Wildman–Crippen LogP) is 5.62. The first kappa shape index (κ1) is 31.5. The van der Waals surface area contributed by atoms with Gasteiger partial charge >= 0.3 is 0 Å². The van der Waals surface area contributed by atoms with Gasteiger partial charge in [0.15, 0.2) is 0 Å². The molecule has 0 aliphatic carbocycles. The molecule has 40 heavy (non-hydrogen) atoms. The molecule has 3 aromatic carbocycles. The van der Waals surface area contributed by atoms with E-state index in [-0.39, 0.29) is 24.9 Å². The highest BCUT2D eigenvalue weighted by Crippen LogP contribution is 2.27. The normalized spacial score (nSPS) is 12.8. The number of hydrogen-bond acceptors (Lipinski definition) is 4. The molecule has 0 heterocycles. The Balaban J connectivity index is 2.10. The molecular formula is C30H35Cl2N3O4S. The number of rotatable bonds is 12. The molecule has 0 saturated carbocycles. The lowest BCUT2D eigenvalue weighted by Gasteiger charge is -2.34. The van der Waals surface area contributed by atoms with Gasteiger partial charge in [-0.3, -0.25) is 13.9 Å². The number of anilines is 1. The maximum atomic E-state index is 14.1. The van der Waals surface area contributed by atoms with Crippen molar-refractivity contribution < 1.29 is 18.0 Å². The summed E-state index contributed by atoms with van der Waals surface area (Å²) >= 11 is 12.7. The molecule has 3 rings (SSSR count). The highest BCUT2D eigenvalue weighted by molar-refractivity contribution is 7.92. The van der Waals surface area contributed by atoms with Gasteiger partial charge in [0.2, 0.25) is 21.8 Å². The van der Waals surface area contributed by atoms with Gasteiger partial charge in [-0.1, -0.05) is 84.7 Å². The second-order valence-electron chi connectivity index (χ2n) is 9.84. The maximum absolute atomic E-state index is 14.1. The summed E-state index contributed by atoms with van der Waals surface area (Å²) in [5, 5.41) is 3.78. The van der Waals surface area contributed by atoms with Gasteiger partial charge in [-0.2, -0.15) is 0 Å². The number of nitrogens with zero attached hydrogens (tertiary/aromatic N) is 2. The third kappa shape index (κ3) is 8.46. The second-order valence-corrected chi connectivity index (χ2v) is 12.6. The van der Waals surface area contributed by atoms with Crippen LogP contribution in [0.25, 0.3) is 0 Å². The van der Waals surface area contributed by atoms with E-state index in [2.05, 4.69) is 5.32 Å². The van der Waals surface area contributed by atoms with Crippen LogP contribution in [-0.2, 0) is 32.6 Å². The van der Waals surface area contributed by atoms with Crippen molar-refractivity contribution in [2.24, 2.45) is 0 Å². The molecule has 0 bridgehead atoms. The number of hydrogen-bond donors (Lipinski definition) is 1. The minimum absolute atomic E-state index is 0.00998. The zero-order chi connectivity index (χ0) is 29.4. The van der Waals surface area contributed by atoms with Crippen molar-refractivity contribution >= 4 is 50.7 Å². The Hall–Kier alpha value is -3.07. The van der Waals surface area contributed by atoms with Crippen LogP contribution in [0, 0.1) is 6.92 Å². The van der Waals surface area contributed by atoms with Crippen LogP contribution >= 0.6 is 23.2 Å². The molecule has 0 spiro atoms. The summed E-state index contributed by atoms with van der Waals surface area (Å²) in [6.45, 7) is 5.09. The van der Waals surface area contributed by atoms with Crippen molar-refractivity contribution in [1.82, 2.24) is 10.2 Å². The molecule has 3 aromatic rings. The van der Waals surface area contributed by atoms with Crippen LogP contribution in [0.4, 0.5) is 5.69 Å². The molecule has 1 N–H and O–H groups in total. The van der Waals surface area contributed by atoms with Gasteiger partial charge in [-0.15, -0.1) is 0 Å². The highest BCUT2D eigenvalue weighted by Gasteiger charge is 2.34. The number of amides is 2. The minimum Gasteiger partial charge on any atom is -0.352 e. The van der Waals surface area contributed by atoms with Crippen LogP contribution in [0.3, 0.4) is 0 Å². The molecule has 2 amide bonds. The Morgan fingerprint density at radius 1 is 0.975 bits per heavy atom. The number of sulfonamides is 1. The van der Waals surface area contributed by atoms with Crippen molar-refractivity contribution in [3.05, 3.63) is 99.5 Å². The van der Waals surface area contributed by atoms with Gasteiger partial charge in [0.05, 0.1) is 11.9 Å². The van der Waals surface area contributed by atoms with E-state index in [0.29, 0.717) is 33.3 Å². The molecular weight excluding hydrogens is 569 g/mol. The van der Waals surface area contributed by atoms with E-state index in [0.717, 1.165) is 16.1 Å². The van der Waals surface area contributed by atoms with Crippen molar-refractivity contribution in [1.29, 1.82) is 0 Å². The van der Waals surface area contributed by atoms with E-state index in [1.807, 2.05) is 44.2 Å². The number of halogens is 2. The van der Waals surface area contributed by atoms with Gasteiger partial charge in [-0.25, -0.2) is 8.42 Å². The number of carbonyl (C=O) groups excluding carboxylic acids is 2. The summed E-state index contributed by atoms with van der Waals surface area (Å²) < 4.78 is 26.9. The lowest BCUT2D eigenvalue weighted by molar-refractivity contribution is -0.140. The molecule has 0 unspecified atom stereocenters. The predicted molar refractivity (Wildman–Crippen MR) is 162 cm³/mol. The number of nitrogens with one attached hydrogen (secondary N) is 1. The molecule has 214 valence electrons. The van der Waals surface area contributed by atoms with Gasteiger partial charge < -0.3 is 10.2 Å². The van der Waals surface area contributed by atoms with Crippen molar-refractivity contribution in [2.45, 2.75) is 52.2 Å². The smallest absolute Gasteiger partial charge is 0.244 e. The fourth-order valence-corrected chi connectivity index (χ4v) is 5.51. The first-order valence-electron chi connectivity index (χ1n) is 13.0. The van der Waals surface area contributed by atoms with Crippen LogP contribution < -0.4 is 9.62 Å². The maximum Gasteiger partial charge on any atom is 0.244 e. The fraction of sp³-hybridized carbons (Fsp3) is 0.333. The summed E-state index contributed by atoms with van der Waals surface area (Å²) in [6, 6.07) is 20.3. The van der Waals surface area contributed by atoms with E-state index in [4.69, 9.17) is 23.2 Å². The van der Waals surface area contributed by atoms with Gasteiger partial charge in [0.25, 0.3) is 0 Å².